The molecule has 1 aromatic carbocycles. The van der Waals surface area contributed by atoms with Crippen LogP contribution in [0, 0.1) is 17.7 Å². The van der Waals surface area contributed by atoms with E-state index in [2.05, 4.69) is 16.8 Å². The van der Waals surface area contributed by atoms with Gasteiger partial charge in [0.25, 0.3) is 0 Å². The SMILES string of the molecule is Nc1cc(C#Cc2ccc(F)cc2)ccn1. The van der Waals surface area contributed by atoms with Gasteiger partial charge in [0.05, 0.1) is 0 Å². The Balaban J connectivity index is 2.25. The van der Waals surface area contributed by atoms with E-state index >= 15 is 0 Å². The first kappa shape index (κ1) is 10.2. The molecular weight excluding hydrogens is 203 g/mol. The Morgan fingerprint density at radius 1 is 1.00 bits per heavy atom. The molecule has 0 saturated heterocycles. The van der Waals surface area contributed by atoms with Gasteiger partial charge in [-0.15, -0.1) is 0 Å². The zero-order valence-electron chi connectivity index (χ0n) is 8.44. The summed E-state index contributed by atoms with van der Waals surface area (Å²) in [6.45, 7) is 0. The Hall–Kier alpha value is -2.34. The predicted molar refractivity (Wildman–Crippen MR) is 61.0 cm³/mol. The molecule has 0 fully saturated rings. The van der Waals surface area contributed by atoms with E-state index in [1.807, 2.05) is 0 Å². The number of nitrogens with zero attached hydrogens (tertiary/aromatic N) is 1. The van der Waals surface area contributed by atoms with Gasteiger partial charge in [0.15, 0.2) is 0 Å². The van der Waals surface area contributed by atoms with E-state index in [1.165, 1.54) is 12.1 Å². The van der Waals surface area contributed by atoms with E-state index in [9.17, 15) is 4.39 Å². The summed E-state index contributed by atoms with van der Waals surface area (Å²) in [5.74, 6) is 6.02. The van der Waals surface area contributed by atoms with Crippen molar-refractivity contribution in [3.63, 3.8) is 0 Å². The second kappa shape index (κ2) is 4.45. The van der Waals surface area contributed by atoms with Crippen LogP contribution in [-0.2, 0) is 0 Å². The molecule has 1 aromatic heterocycles. The van der Waals surface area contributed by atoms with Gasteiger partial charge in [-0.1, -0.05) is 11.8 Å². The van der Waals surface area contributed by atoms with E-state index in [4.69, 9.17) is 5.73 Å². The summed E-state index contributed by atoms with van der Waals surface area (Å²) in [4.78, 5) is 3.87. The number of anilines is 1. The minimum atomic E-state index is -0.265. The molecule has 2 rings (SSSR count). The zero-order valence-corrected chi connectivity index (χ0v) is 8.44. The molecule has 3 heteroatoms. The molecule has 2 nitrogen and oxygen atoms in total. The maximum Gasteiger partial charge on any atom is 0.124 e. The molecule has 0 radical (unpaired) electrons. The largest absolute Gasteiger partial charge is 0.384 e. The average Bonchev–Trinajstić information content (AvgIpc) is 2.28. The number of benzene rings is 1. The fraction of sp³-hybridized carbons (Fsp3) is 0. The lowest BCUT2D eigenvalue weighted by Crippen LogP contribution is -1.89. The van der Waals surface area contributed by atoms with Crippen molar-refractivity contribution in [1.82, 2.24) is 4.98 Å². The van der Waals surface area contributed by atoms with Gasteiger partial charge in [0.2, 0.25) is 0 Å². The third kappa shape index (κ3) is 2.58. The van der Waals surface area contributed by atoms with E-state index in [-0.39, 0.29) is 5.82 Å². The van der Waals surface area contributed by atoms with Gasteiger partial charge in [-0.25, -0.2) is 9.37 Å². The van der Waals surface area contributed by atoms with Gasteiger partial charge in [-0.2, -0.15) is 0 Å². The van der Waals surface area contributed by atoms with Gasteiger partial charge < -0.3 is 5.73 Å². The summed E-state index contributed by atoms with van der Waals surface area (Å²) in [5.41, 5.74) is 7.07. The van der Waals surface area contributed by atoms with Crippen LogP contribution in [0.15, 0.2) is 42.6 Å². The summed E-state index contributed by atoms with van der Waals surface area (Å²) in [6, 6.07) is 9.49. The van der Waals surface area contributed by atoms with E-state index in [0.29, 0.717) is 5.82 Å². The predicted octanol–water partition coefficient (Wildman–Crippen LogP) is 2.20. The molecule has 78 valence electrons. The molecule has 0 bridgehead atoms. The lowest BCUT2D eigenvalue weighted by molar-refractivity contribution is 0.627. The third-order valence-corrected chi connectivity index (χ3v) is 1.98. The first-order valence-corrected chi connectivity index (χ1v) is 4.73. The summed E-state index contributed by atoms with van der Waals surface area (Å²) < 4.78 is 12.6. The first-order valence-electron chi connectivity index (χ1n) is 4.73. The summed E-state index contributed by atoms with van der Waals surface area (Å²) in [5, 5.41) is 0. The lowest BCUT2D eigenvalue weighted by atomic mass is 10.2. The Bertz CT molecular complexity index is 550. The number of rotatable bonds is 0. The molecule has 1 heterocycles. The number of aromatic nitrogens is 1. The Morgan fingerprint density at radius 3 is 2.38 bits per heavy atom. The molecule has 0 amide bonds. The van der Waals surface area contributed by atoms with Crippen molar-refractivity contribution >= 4 is 5.82 Å². The molecule has 0 unspecified atom stereocenters. The van der Waals surface area contributed by atoms with Gasteiger partial charge in [-0.05, 0) is 36.4 Å². The number of halogens is 1. The maximum absolute atomic E-state index is 12.6. The van der Waals surface area contributed by atoms with Crippen molar-refractivity contribution in [2.24, 2.45) is 0 Å². The fourth-order valence-electron chi connectivity index (χ4n) is 1.20. The van der Waals surface area contributed by atoms with Crippen molar-refractivity contribution in [3.8, 4) is 11.8 Å². The Labute approximate surface area is 92.9 Å². The Kier molecular flexibility index (Phi) is 2.84. The van der Waals surface area contributed by atoms with Gasteiger partial charge >= 0.3 is 0 Å². The summed E-state index contributed by atoms with van der Waals surface area (Å²) >= 11 is 0. The summed E-state index contributed by atoms with van der Waals surface area (Å²) in [6.07, 6.45) is 1.60. The first-order chi connectivity index (χ1) is 7.74. The van der Waals surface area contributed by atoms with Crippen LogP contribution < -0.4 is 5.73 Å². The topological polar surface area (TPSA) is 38.9 Å². The minimum absolute atomic E-state index is 0.265. The van der Waals surface area contributed by atoms with Crippen LogP contribution in [0.4, 0.5) is 10.2 Å². The Morgan fingerprint density at radius 2 is 1.69 bits per heavy atom. The quantitative estimate of drug-likeness (QED) is 0.680. The number of hydrogen-bond donors (Lipinski definition) is 1. The molecule has 16 heavy (non-hydrogen) atoms. The highest BCUT2D eigenvalue weighted by atomic mass is 19.1. The van der Waals surface area contributed by atoms with E-state index in [0.717, 1.165) is 11.1 Å². The van der Waals surface area contributed by atoms with Crippen LogP contribution in [-0.4, -0.2) is 4.98 Å². The molecule has 2 aromatic rings. The molecule has 0 atom stereocenters. The molecule has 0 spiro atoms. The summed E-state index contributed by atoms with van der Waals surface area (Å²) in [7, 11) is 0. The van der Waals surface area contributed by atoms with Crippen molar-refractivity contribution < 1.29 is 4.39 Å². The molecule has 0 aliphatic rings. The monoisotopic (exact) mass is 212 g/mol. The zero-order chi connectivity index (χ0) is 11.4. The second-order valence-corrected chi connectivity index (χ2v) is 3.23. The number of nitrogens with two attached hydrogens (primary N) is 1. The van der Waals surface area contributed by atoms with Crippen LogP contribution in [0.1, 0.15) is 11.1 Å². The minimum Gasteiger partial charge on any atom is -0.384 e. The number of nitrogen functional groups attached to an aromatic ring is 1. The van der Waals surface area contributed by atoms with Crippen molar-refractivity contribution in [3.05, 3.63) is 59.5 Å². The fourth-order valence-corrected chi connectivity index (χ4v) is 1.20. The number of pyridine rings is 1. The smallest absolute Gasteiger partial charge is 0.124 e. The van der Waals surface area contributed by atoms with Crippen LogP contribution in [0.2, 0.25) is 0 Å². The van der Waals surface area contributed by atoms with Crippen molar-refractivity contribution in [1.29, 1.82) is 0 Å². The van der Waals surface area contributed by atoms with E-state index < -0.39 is 0 Å². The average molecular weight is 212 g/mol. The normalized spacial score (nSPS) is 9.31. The maximum atomic E-state index is 12.6. The molecular formula is C13H9FN2. The lowest BCUT2D eigenvalue weighted by Gasteiger charge is -1.92. The van der Waals surface area contributed by atoms with Crippen LogP contribution in [0.5, 0.6) is 0 Å². The van der Waals surface area contributed by atoms with Crippen molar-refractivity contribution in [2.45, 2.75) is 0 Å². The van der Waals surface area contributed by atoms with E-state index in [1.54, 1.807) is 30.5 Å². The molecule has 0 aliphatic carbocycles. The van der Waals surface area contributed by atoms with Gasteiger partial charge in [0.1, 0.15) is 11.6 Å². The number of hydrogen-bond acceptors (Lipinski definition) is 2. The van der Waals surface area contributed by atoms with Crippen LogP contribution >= 0.6 is 0 Å². The van der Waals surface area contributed by atoms with Crippen molar-refractivity contribution in [2.75, 3.05) is 5.73 Å². The van der Waals surface area contributed by atoms with Crippen LogP contribution in [0.25, 0.3) is 0 Å². The highest BCUT2D eigenvalue weighted by molar-refractivity contribution is 5.45. The van der Waals surface area contributed by atoms with Crippen LogP contribution in [0.3, 0.4) is 0 Å². The second-order valence-electron chi connectivity index (χ2n) is 3.23. The third-order valence-electron chi connectivity index (χ3n) is 1.98. The molecule has 2 N–H and O–H groups in total. The molecule has 0 saturated carbocycles. The highest BCUT2D eigenvalue weighted by Gasteiger charge is 1.90. The highest BCUT2D eigenvalue weighted by Crippen LogP contribution is 2.03. The molecule has 0 aliphatic heterocycles. The van der Waals surface area contributed by atoms with Gasteiger partial charge in [0, 0.05) is 17.3 Å². The standard InChI is InChI=1S/C13H9FN2/c14-12-5-3-10(4-6-12)1-2-11-7-8-16-13(15)9-11/h3-9H,(H2,15,16). The van der Waals surface area contributed by atoms with Gasteiger partial charge in [-0.3, -0.25) is 0 Å².